The van der Waals surface area contributed by atoms with Gasteiger partial charge < -0.3 is 5.32 Å². The Balaban J connectivity index is 1.77. The molecule has 2 unspecified atom stereocenters. The van der Waals surface area contributed by atoms with E-state index < -0.39 is 0 Å². The third kappa shape index (κ3) is 2.70. The van der Waals surface area contributed by atoms with Gasteiger partial charge in [-0.2, -0.15) is 0 Å². The average molecular weight is 258 g/mol. The van der Waals surface area contributed by atoms with Crippen molar-refractivity contribution in [3.8, 4) is 0 Å². The minimum Gasteiger partial charge on any atom is -0.305 e. The van der Waals surface area contributed by atoms with Crippen LogP contribution in [0.5, 0.6) is 0 Å². The van der Waals surface area contributed by atoms with E-state index in [0.717, 1.165) is 13.1 Å². The molecule has 1 heterocycles. The molecule has 1 saturated heterocycles. The first kappa shape index (κ1) is 13.1. The number of piperazine rings is 1. The lowest BCUT2D eigenvalue weighted by molar-refractivity contribution is 0.0771. The smallest absolute Gasteiger partial charge is 0.0535 e. The molecule has 104 valence electrons. The Hall–Kier alpha value is -0.860. The lowest BCUT2D eigenvalue weighted by atomic mass is 9.88. The number of nitrogens with one attached hydrogen (secondary N) is 1. The molecule has 2 fully saturated rings. The van der Waals surface area contributed by atoms with Gasteiger partial charge in [0, 0.05) is 25.7 Å². The van der Waals surface area contributed by atoms with E-state index in [1.54, 1.807) is 0 Å². The molecule has 2 nitrogen and oxygen atoms in total. The van der Waals surface area contributed by atoms with E-state index in [4.69, 9.17) is 0 Å². The summed E-state index contributed by atoms with van der Waals surface area (Å²) in [4.78, 5) is 2.69. The van der Waals surface area contributed by atoms with Crippen molar-refractivity contribution in [1.29, 1.82) is 0 Å². The zero-order valence-electron chi connectivity index (χ0n) is 12.4. The minimum atomic E-state index is 0.0963. The molecular formula is C17H26N2. The van der Waals surface area contributed by atoms with Crippen LogP contribution in [0.25, 0.3) is 0 Å². The summed E-state index contributed by atoms with van der Waals surface area (Å²) in [6.07, 6.45) is 2.82. The Morgan fingerprint density at radius 2 is 1.89 bits per heavy atom. The van der Waals surface area contributed by atoms with Gasteiger partial charge in [-0.3, -0.25) is 4.90 Å². The highest BCUT2D eigenvalue weighted by Gasteiger charge is 2.43. The van der Waals surface area contributed by atoms with Gasteiger partial charge in [0.2, 0.25) is 0 Å². The van der Waals surface area contributed by atoms with Crippen LogP contribution in [0.3, 0.4) is 0 Å². The fourth-order valence-electron chi connectivity index (χ4n) is 3.19. The van der Waals surface area contributed by atoms with E-state index in [-0.39, 0.29) is 5.54 Å². The van der Waals surface area contributed by atoms with Gasteiger partial charge in [0.05, 0.1) is 5.54 Å². The van der Waals surface area contributed by atoms with Gasteiger partial charge in [0.15, 0.2) is 0 Å². The summed E-state index contributed by atoms with van der Waals surface area (Å²) in [7, 11) is 0. The molecule has 1 N–H and O–H groups in total. The van der Waals surface area contributed by atoms with Crippen LogP contribution in [0.1, 0.15) is 39.2 Å². The van der Waals surface area contributed by atoms with Crippen LogP contribution in [0.2, 0.25) is 0 Å². The highest BCUT2D eigenvalue weighted by molar-refractivity contribution is 5.25. The summed E-state index contributed by atoms with van der Waals surface area (Å²) in [5, 5.41) is 3.76. The molecule has 0 radical (unpaired) electrons. The molecule has 1 aromatic carbocycles. The molecule has 0 aromatic heterocycles. The molecule has 2 heteroatoms. The third-order valence-corrected chi connectivity index (χ3v) is 5.03. The zero-order valence-corrected chi connectivity index (χ0v) is 12.4. The summed E-state index contributed by atoms with van der Waals surface area (Å²) < 4.78 is 0. The predicted octanol–water partition coefficient (Wildman–Crippen LogP) is 3.00. The van der Waals surface area contributed by atoms with Crippen LogP contribution in [0.4, 0.5) is 0 Å². The number of hydrogen-bond donors (Lipinski definition) is 1. The fourth-order valence-corrected chi connectivity index (χ4v) is 3.19. The lowest BCUT2D eigenvalue weighted by Crippen LogP contribution is -2.61. The number of hydrogen-bond acceptors (Lipinski definition) is 2. The largest absolute Gasteiger partial charge is 0.305 e. The topological polar surface area (TPSA) is 15.3 Å². The third-order valence-electron chi connectivity index (χ3n) is 5.03. The Labute approximate surface area is 117 Å². The van der Waals surface area contributed by atoms with Crippen molar-refractivity contribution in [2.24, 2.45) is 5.41 Å². The Kier molecular flexibility index (Phi) is 3.18. The van der Waals surface area contributed by atoms with Crippen molar-refractivity contribution >= 4 is 0 Å². The highest BCUT2D eigenvalue weighted by Crippen LogP contribution is 2.46. The van der Waals surface area contributed by atoms with E-state index in [1.807, 2.05) is 0 Å². The number of rotatable bonds is 3. The van der Waals surface area contributed by atoms with Crippen LogP contribution in [0, 0.1) is 5.41 Å². The molecular weight excluding hydrogens is 232 g/mol. The van der Waals surface area contributed by atoms with E-state index >= 15 is 0 Å². The number of benzene rings is 1. The van der Waals surface area contributed by atoms with Crippen molar-refractivity contribution in [3.63, 3.8) is 0 Å². The maximum Gasteiger partial charge on any atom is 0.0535 e. The molecule has 1 aromatic rings. The van der Waals surface area contributed by atoms with Gasteiger partial charge in [0.1, 0.15) is 0 Å². The minimum absolute atomic E-state index is 0.0963. The standard InChI is InChI=1S/C17H26N2/c1-14-11-18-17(3,15-7-5-4-6-8-15)13-19(14)12-16(2)9-10-16/h4-8,14,18H,9-13H2,1-3H3. The van der Waals surface area contributed by atoms with Crippen LogP contribution >= 0.6 is 0 Å². The van der Waals surface area contributed by atoms with Crippen molar-refractivity contribution in [2.75, 3.05) is 19.6 Å². The molecule has 2 atom stereocenters. The summed E-state index contributed by atoms with van der Waals surface area (Å²) >= 11 is 0. The van der Waals surface area contributed by atoms with Gasteiger partial charge in [0.25, 0.3) is 0 Å². The molecule has 19 heavy (non-hydrogen) atoms. The van der Waals surface area contributed by atoms with E-state index in [2.05, 4.69) is 61.3 Å². The normalized spacial score (nSPS) is 34.2. The Morgan fingerprint density at radius 3 is 2.53 bits per heavy atom. The van der Waals surface area contributed by atoms with Crippen molar-refractivity contribution in [2.45, 2.75) is 45.2 Å². The molecule has 1 aliphatic carbocycles. The zero-order chi connectivity index (χ0) is 13.5. The molecule has 2 aliphatic rings. The summed E-state index contributed by atoms with van der Waals surface area (Å²) in [5.74, 6) is 0. The van der Waals surface area contributed by atoms with Gasteiger partial charge in [-0.15, -0.1) is 0 Å². The average Bonchev–Trinajstić information content (AvgIpc) is 3.13. The van der Waals surface area contributed by atoms with E-state index in [9.17, 15) is 0 Å². The van der Waals surface area contributed by atoms with Crippen molar-refractivity contribution < 1.29 is 0 Å². The van der Waals surface area contributed by atoms with Crippen LogP contribution in [-0.2, 0) is 5.54 Å². The first-order chi connectivity index (χ1) is 9.01. The monoisotopic (exact) mass is 258 g/mol. The van der Waals surface area contributed by atoms with Crippen LogP contribution in [-0.4, -0.2) is 30.6 Å². The summed E-state index contributed by atoms with van der Waals surface area (Å²) in [5.41, 5.74) is 2.11. The maximum absolute atomic E-state index is 3.76. The quantitative estimate of drug-likeness (QED) is 0.896. The molecule has 1 aliphatic heterocycles. The van der Waals surface area contributed by atoms with Crippen molar-refractivity contribution in [1.82, 2.24) is 10.2 Å². The Morgan fingerprint density at radius 1 is 1.21 bits per heavy atom. The first-order valence-corrected chi connectivity index (χ1v) is 7.55. The first-order valence-electron chi connectivity index (χ1n) is 7.55. The Bertz CT molecular complexity index is 438. The fraction of sp³-hybridized carbons (Fsp3) is 0.647. The molecule has 0 amide bonds. The SMILES string of the molecule is CC1CNC(C)(c2ccccc2)CN1CC1(C)CC1. The summed E-state index contributed by atoms with van der Waals surface area (Å²) in [6, 6.07) is 11.5. The highest BCUT2D eigenvalue weighted by atomic mass is 15.3. The number of nitrogens with zero attached hydrogens (tertiary/aromatic N) is 1. The molecule has 3 rings (SSSR count). The van der Waals surface area contributed by atoms with Gasteiger partial charge >= 0.3 is 0 Å². The molecule has 0 bridgehead atoms. The maximum atomic E-state index is 3.76. The molecule has 1 saturated carbocycles. The predicted molar refractivity (Wildman–Crippen MR) is 80.2 cm³/mol. The second-order valence-corrected chi connectivity index (χ2v) is 7.14. The van der Waals surface area contributed by atoms with Gasteiger partial charge in [-0.1, -0.05) is 37.3 Å². The van der Waals surface area contributed by atoms with E-state index in [1.165, 1.54) is 24.9 Å². The van der Waals surface area contributed by atoms with Crippen LogP contribution in [0.15, 0.2) is 30.3 Å². The summed E-state index contributed by atoms with van der Waals surface area (Å²) in [6.45, 7) is 10.6. The lowest BCUT2D eigenvalue weighted by Gasteiger charge is -2.46. The van der Waals surface area contributed by atoms with Crippen molar-refractivity contribution in [3.05, 3.63) is 35.9 Å². The second-order valence-electron chi connectivity index (χ2n) is 7.14. The van der Waals surface area contributed by atoms with Gasteiger partial charge in [-0.05, 0) is 37.7 Å². The molecule has 0 spiro atoms. The second kappa shape index (κ2) is 4.60. The van der Waals surface area contributed by atoms with Gasteiger partial charge in [-0.25, -0.2) is 0 Å². The van der Waals surface area contributed by atoms with Crippen LogP contribution < -0.4 is 5.32 Å². The van der Waals surface area contributed by atoms with E-state index in [0.29, 0.717) is 11.5 Å².